The van der Waals surface area contributed by atoms with Crippen LogP contribution in [0.4, 0.5) is 10.5 Å². The van der Waals surface area contributed by atoms with E-state index in [1.165, 1.54) is 29.5 Å². The molecule has 1 saturated carbocycles. The first kappa shape index (κ1) is 21.7. The second-order valence-electron chi connectivity index (χ2n) is 8.92. The Labute approximate surface area is 180 Å². The number of carbonyl (C=O) groups is 1. The lowest BCUT2D eigenvalue weighted by Crippen LogP contribution is -2.41. The van der Waals surface area contributed by atoms with Crippen molar-refractivity contribution in [1.82, 2.24) is 5.32 Å². The lowest BCUT2D eigenvalue weighted by Gasteiger charge is -2.30. The fourth-order valence-corrected chi connectivity index (χ4v) is 4.65. The highest BCUT2D eigenvalue weighted by molar-refractivity contribution is 6.30. The van der Waals surface area contributed by atoms with Gasteiger partial charge in [-0.15, -0.1) is 0 Å². The maximum atomic E-state index is 12.9. The molecule has 156 valence electrons. The van der Waals surface area contributed by atoms with Gasteiger partial charge in [-0.3, -0.25) is 0 Å². The molecule has 1 aliphatic rings. The van der Waals surface area contributed by atoms with Gasteiger partial charge in [0.1, 0.15) is 0 Å². The molecule has 3 nitrogen and oxygen atoms in total. The standard InChI is InChI=1S/C25H33ClN2O/c1-17(2)21-8-7-9-22(18(3)4)23(21)28-24(29)27-16-25(14-5-6-15-25)19-10-12-20(26)13-11-19/h7-13,17-18H,5-6,14-16H2,1-4H3,(H2,27,28,29). The van der Waals surface area contributed by atoms with Crippen LogP contribution in [-0.2, 0) is 5.41 Å². The van der Waals surface area contributed by atoms with Crippen LogP contribution in [0.15, 0.2) is 42.5 Å². The Hall–Kier alpha value is -2.00. The van der Waals surface area contributed by atoms with Gasteiger partial charge >= 0.3 is 6.03 Å². The average molecular weight is 413 g/mol. The summed E-state index contributed by atoms with van der Waals surface area (Å²) in [5.74, 6) is 0.693. The Kier molecular flexibility index (Phi) is 6.89. The zero-order valence-electron chi connectivity index (χ0n) is 18.0. The smallest absolute Gasteiger partial charge is 0.319 e. The van der Waals surface area contributed by atoms with Crippen molar-refractivity contribution in [3.05, 3.63) is 64.2 Å². The van der Waals surface area contributed by atoms with Gasteiger partial charge in [-0.05, 0) is 53.5 Å². The Morgan fingerprint density at radius 2 is 1.52 bits per heavy atom. The van der Waals surface area contributed by atoms with Crippen LogP contribution in [0.25, 0.3) is 0 Å². The molecule has 0 radical (unpaired) electrons. The van der Waals surface area contributed by atoms with Gasteiger partial charge in [0.05, 0.1) is 0 Å². The van der Waals surface area contributed by atoms with E-state index in [0.29, 0.717) is 18.4 Å². The molecule has 2 aromatic rings. The number of amides is 2. The van der Waals surface area contributed by atoms with Gasteiger partial charge in [0, 0.05) is 22.7 Å². The van der Waals surface area contributed by atoms with Crippen LogP contribution < -0.4 is 10.6 Å². The summed E-state index contributed by atoms with van der Waals surface area (Å²) in [5.41, 5.74) is 4.59. The maximum absolute atomic E-state index is 12.9. The van der Waals surface area contributed by atoms with Crippen LogP contribution in [0.3, 0.4) is 0 Å². The fourth-order valence-electron chi connectivity index (χ4n) is 4.53. The molecule has 1 fully saturated rings. The molecule has 0 aromatic heterocycles. The van der Waals surface area contributed by atoms with E-state index < -0.39 is 0 Å². The van der Waals surface area contributed by atoms with Crippen molar-refractivity contribution in [2.45, 2.75) is 70.6 Å². The van der Waals surface area contributed by atoms with E-state index in [9.17, 15) is 4.79 Å². The number of para-hydroxylation sites is 1. The van der Waals surface area contributed by atoms with Crippen molar-refractivity contribution < 1.29 is 4.79 Å². The predicted molar refractivity (Wildman–Crippen MR) is 123 cm³/mol. The quantitative estimate of drug-likeness (QED) is 0.516. The normalized spacial score (nSPS) is 15.7. The van der Waals surface area contributed by atoms with Crippen LogP contribution in [-0.4, -0.2) is 12.6 Å². The number of nitrogens with one attached hydrogen (secondary N) is 2. The molecule has 29 heavy (non-hydrogen) atoms. The van der Waals surface area contributed by atoms with E-state index >= 15 is 0 Å². The molecular formula is C25H33ClN2O. The van der Waals surface area contributed by atoms with Crippen LogP contribution in [0.2, 0.25) is 5.02 Å². The van der Waals surface area contributed by atoms with E-state index in [2.05, 4.69) is 68.7 Å². The summed E-state index contributed by atoms with van der Waals surface area (Å²) < 4.78 is 0. The van der Waals surface area contributed by atoms with Crippen molar-refractivity contribution in [2.75, 3.05) is 11.9 Å². The summed E-state index contributed by atoms with van der Waals surface area (Å²) in [5, 5.41) is 7.10. The Morgan fingerprint density at radius 3 is 2.03 bits per heavy atom. The molecule has 0 heterocycles. The summed E-state index contributed by atoms with van der Waals surface area (Å²) in [6, 6.07) is 14.3. The fraction of sp³-hybridized carbons (Fsp3) is 0.480. The Balaban J connectivity index is 1.76. The van der Waals surface area contributed by atoms with Crippen molar-refractivity contribution in [3.8, 4) is 0 Å². The van der Waals surface area contributed by atoms with Crippen molar-refractivity contribution in [3.63, 3.8) is 0 Å². The van der Waals surface area contributed by atoms with Crippen LogP contribution in [0, 0.1) is 0 Å². The molecule has 2 N–H and O–H groups in total. The minimum atomic E-state index is -0.125. The molecule has 3 rings (SSSR count). The molecule has 0 spiro atoms. The van der Waals surface area contributed by atoms with Gasteiger partial charge in [-0.2, -0.15) is 0 Å². The van der Waals surface area contributed by atoms with Gasteiger partial charge in [-0.25, -0.2) is 4.79 Å². The summed E-state index contributed by atoms with van der Waals surface area (Å²) in [6.45, 7) is 9.29. The van der Waals surface area contributed by atoms with Gasteiger partial charge in [-0.1, -0.05) is 82.5 Å². The summed E-state index contributed by atoms with van der Waals surface area (Å²) in [4.78, 5) is 12.9. The number of hydrogen-bond donors (Lipinski definition) is 2. The number of anilines is 1. The predicted octanol–water partition coefficient (Wildman–Crippen LogP) is 7.22. The summed E-state index contributed by atoms with van der Waals surface area (Å²) in [7, 11) is 0. The Bertz CT molecular complexity index is 810. The molecule has 0 bridgehead atoms. The van der Waals surface area contributed by atoms with E-state index in [4.69, 9.17) is 11.6 Å². The maximum Gasteiger partial charge on any atom is 0.319 e. The number of halogens is 1. The highest BCUT2D eigenvalue weighted by Gasteiger charge is 2.36. The highest BCUT2D eigenvalue weighted by Crippen LogP contribution is 2.41. The van der Waals surface area contributed by atoms with Crippen LogP contribution in [0.1, 0.15) is 81.9 Å². The number of urea groups is 1. The minimum Gasteiger partial charge on any atom is -0.337 e. The van der Waals surface area contributed by atoms with Gasteiger partial charge in [0.25, 0.3) is 0 Å². The Morgan fingerprint density at radius 1 is 0.966 bits per heavy atom. The monoisotopic (exact) mass is 412 g/mol. The number of carbonyl (C=O) groups excluding carboxylic acids is 1. The van der Waals surface area contributed by atoms with Gasteiger partial charge < -0.3 is 10.6 Å². The molecule has 0 aliphatic heterocycles. The molecule has 1 aliphatic carbocycles. The van der Waals surface area contributed by atoms with E-state index in [1.807, 2.05) is 12.1 Å². The van der Waals surface area contributed by atoms with Gasteiger partial charge in [0.2, 0.25) is 0 Å². The lowest BCUT2D eigenvalue weighted by atomic mass is 9.79. The number of benzene rings is 2. The third-order valence-electron chi connectivity index (χ3n) is 6.22. The molecular weight excluding hydrogens is 380 g/mol. The SMILES string of the molecule is CC(C)c1cccc(C(C)C)c1NC(=O)NCC1(c2ccc(Cl)cc2)CCCC1. The largest absolute Gasteiger partial charge is 0.337 e. The van der Waals surface area contributed by atoms with Gasteiger partial charge in [0.15, 0.2) is 0 Å². The van der Waals surface area contributed by atoms with Crippen molar-refractivity contribution in [2.24, 2.45) is 0 Å². The second kappa shape index (κ2) is 9.21. The van der Waals surface area contributed by atoms with Crippen molar-refractivity contribution in [1.29, 1.82) is 0 Å². The molecule has 2 amide bonds. The van der Waals surface area contributed by atoms with Crippen LogP contribution >= 0.6 is 11.6 Å². The number of hydrogen-bond acceptors (Lipinski definition) is 1. The zero-order valence-corrected chi connectivity index (χ0v) is 18.8. The molecule has 2 aromatic carbocycles. The molecule has 4 heteroatoms. The summed E-state index contributed by atoms with van der Waals surface area (Å²) >= 11 is 6.08. The van der Waals surface area contributed by atoms with E-state index in [-0.39, 0.29) is 11.4 Å². The lowest BCUT2D eigenvalue weighted by molar-refractivity contribution is 0.248. The van der Waals surface area contributed by atoms with E-state index in [0.717, 1.165) is 23.6 Å². The topological polar surface area (TPSA) is 41.1 Å². The molecule has 0 saturated heterocycles. The minimum absolute atomic E-state index is 0.000370. The third-order valence-corrected chi connectivity index (χ3v) is 6.47. The highest BCUT2D eigenvalue weighted by atomic mass is 35.5. The second-order valence-corrected chi connectivity index (χ2v) is 9.36. The van der Waals surface area contributed by atoms with Crippen molar-refractivity contribution >= 4 is 23.3 Å². The summed E-state index contributed by atoms with van der Waals surface area (Å²) in [6.07, 6.45) is 4.57. The first-order chi connectivity index (χ1) is 13.8. The first-order valence-electron chi connectivity index (χ1n) is 10.8. The third kappa shape index (κ3) is 4.95. The van der Waals surface area contributed by atoms with E-state index in [1.54, 1.807) is 0 Å². The molecule has 0 atom stereocenters. The van der Waals surface area contributed by atoms with Crippen LogP contribution in [0.5, 0.6) is 0 Å². The number of rotatable bonds is 6. The molecule has 0 unspecified atom stereocenters. The zero-order chi connectivity index (χ0) is 21.0. The average Bonchev–Trinajstić information content (AvgIpc) is 3.17. The first-order valence-corrected chi connectivity index (χ1v) is 11.1.